The second kappa shape index (κ2) is 7.74. The summed E-state index contributed by atoms with van der Waals surface area (Å²) in [6, 6.07) is 0. The first-order chi connectivity index (χ1) is 8.60. The Hall–Kier alpha value is -0.610. The number of amides is 1. The Morgan fingerprint density at radius 1 is 1.50 bits per heavy atom. The average Bonchev–Trinajstić information content (AvgIpc) is 2.35. The average molecular weight is 256 g/mol. The van der Waals surface area contributed by atoms with Crippen LogP contribution in [0.15, 0.2) is 0 Å². The lowest BCUT2D eigenvalue weighted by Gasteiger charge is -2.36. The molecule has 18 heavy (non-hydrogen) atoms. The summed E-state index contributed by atoms with van der Waals surface area (Å²) in [4.78, 5) is 12.3. The van der Waals surface area contributed by atoms with Crippen LogP contribution >= 0.6 is 0 Å². The monoisotopic (exact) mass is 256 g/mol. The lowest BCUT2D eigenvalue weighted by molar-refractivity contribution is -0.133. The van der Waals surface area contributed by atoms with Crippen LogP contribution in [0.25, 0.3) is 0 Å². The van der Waals surface area contributed by atoms with Crippen LogP contribution in [0.2, 0.25) is 0 Å². The fourth-order valence-corrected chi connectivity index (χ4v) is 2.61. The Kier molecular flexibility index (Phi) is 6.65. The minimum Gasteiger partial charge on any atom is -0.377 e. The molecule has 0 radical (unpaired) electrons. The largest absolute Gasteiger partial charge is 0.377 e. The highest BCUT2D eigenvalue weighted by Gasteiger charge is 2.38. The van der Waals surface area contributed by atoms with Gasteiger partial charge in [0.25, 0.3) is 0 Å². The fourth-order valence-electron chi connectivity index (χ4n) is 2.61. The molecule has 106 valence electrons. The van der Waals surface area contributed by atoms with Crippen molar-refractivity contribution in [2.45, 2.75) is 52.6 Å². The summed E-state index contributed by atoms with van der Waals surface area (Å²) >= 11 is 0. The van der Waals surface area contributed by atoms with E-state index in [-0.39, 0.29) is 17.4 Å². The molecule has 1 aliphatic rings. The summed E-state index contributed by atoms with van der Waals surface area (Å²) in [5.74, 6) is 0.198. The van der Waals surface area contributed by atoms with E-state index >= 15 is 0 Å². The molecule has 0 aromatic rings. The van der Waals surface area contributed by atoms with Crippen molar-refractivity contribution in [3.8, 4) is 0 Å². The van der Waals surface area contributed by atoms with E-state index in [0.29, 0.717) is 13.2 Å². The lowest BCUT2D eigenvalue weighted by Crippen LogP contribution is -2.51. The van der Waals surface area contributed by atoms with Crippen LogP contribution in [0.4, 0.5) is 0 Å². The molecule has 0 aromatic carbocycles. The standard InChI is InChI=1S/C14H28N2O2/c1-4-6-14(7-5-8-15-11-14)13(17)16-9-10-18-12(2)3/h12,15H,4-11H2,1-3H3,(H,16,17). The topological polar surface area (TPSA) is 50.4 Å². The predicted molar refractivity (Wildman–Crippen MR) is 73.5 cm³/mol. The van der Waals surface area contributed by atoms with Gasteiger partial charge in [0.2, 0.25) is 5.91 Å². The van der Waals surface area contributed by atoms with E-state index in [0.717, 1.165) is 38.8 Å². The molecule has 1 amide bonds. The molecule has 1 saturated heterocycles. The van der Waals surface area contributed by atoms with Gasteiger partial charge in [0, 0.05) is 13.1 Å². The SMILES string of the molecule is CCCC1(C(=O)NCCOC(C)C)CCCNC1. The zero-order valence-corrected chi connectivity index (χ0v) is 12.1. The fraction of sp³-hybridized carbons (Fsp3) is 0.929. The predicted octanol–water partition coefficient (Wildman–Crippen LogP) is 1.70. The van der Waals surface area contributed by atoms with Gasteiger partial charge in [0.05, 0.1) is 18.1 Å². The van der Waals surface area contributed by atoms with Gasteiger partial charge in [-0.15, -0.1) is 0 Å². The highest BCUT2D eigenvalue weighted by molar-refractivity contribution is 5.83. The van der Waals surface area contributed by atoms with Crippen molar-refractivity contribution in [1.29, 1.82) is 0 Å². The van der Waals surface area contributed by atoms with Gasteiger partial charge in [0.1, 0.15) is 0 Å². The molecule has 0 bridgehead atoms. The van der Waals surface area contributed by atoms with Gasteiger partial charge in [-0.3, -0.25) is 4.79 Å². The Balaban J connectivity index is 2.39. The van der Waals surface area contributed by atoms with E-state index in [1.54, 1.807) is 0 Å². The van der Waals surface area contributed by atoms with Crippen molar-refractivity contribution in [1.82, 2.24) is 10.6 Å². The summed E-state index contributed by atoms with van der Waals surface area (Å²) in [6.45, 7) is 9.22. The van der Waals surface area contributed by atoms with Gasteiger partial charge in [-0.1, -0.05) is 13.3 Å². The molecule has 2 N–H and O–H groups in total. The van der Waals surface area contributed by atoms with E-state index < -0.39 is 0 Å². The van der Waals surface area contributed by atoms with Gasteiger partial charge in [0.15, 0.2) is 0 Å². The Morgan fingerprint density at radius 2 is 2.28 bits per heavy atom. The molecule has 1 rings (SSSR count). The summed E-state index contributed by atoms with van der Waals surface area (Å²) in [6.07, 6.45) is 4.34. The third-order valence-corrected chi connectivity index (χ3v) is 3.52. The van der Waals surface area contributed by atoms with Gasteiger partial charge in [-0.25, -0.2) is 0 Å². The van der Waals surface area contributed by atoms with Gasteiger partial charge in [-0.05, 0) is 39.7 Å². The molecule has 0 spiro atoms. The first kappa shape index (κ1) is 15.4. The number of hydrogen-bond donors (Lipinski definition) is 2. The first-order valence-corrected chi connectivity index (χ1v) is 7.21. The molecule has 1 aliphatic heterocycles. The van der Waals surface area contributed by atoms with Crippen LogP contribution in [0.5, 0.6) is 0 Å². The van der Waals surface area contributed by atoms with Gasteiger partial charge in [-0.2, -0.15) is 0 Å². The van der Waals surface area contributed by atoms with E-state index in [1.165, 1.54) is 0 Å². The van der Waals surface area contributed by atoms with Crippen molar-refractivity contribution < 1.29 is 9.53 Å². The molecule has 0 aliphatic carbocycles. The number of ether oxygens (including phenoxy) is 1. The van der Waals surface area contributed by atoms with Crippen molar-refractivity contribution in [3.05, 3.63) is 0 Å². The van der Waals surface area contributed by atoms with Crippen LogP contribution in [-0.4, -0.2) is 38.3 Å². The molecule has 1 unspecified atom stereocenters. The maximum Gasteiger partial charge on any atom is 0.227 e. The summed E-state index contributed by atoms with van der Waals surface area (Å²) in [5.41, 5.74) is -0.190. The van der Waals surface area contributed by atoms with E-state index in [2.05, 4.69) is 17.6 Å². The number of carbonyl (C=O) groups is 1. The van der Waals surface area contributed by atoms with Crippen molar-refractivity contribution in [3.63, 3.8) is 0 Å². The Bertz CT molecular complexity index is 243. The smallest absolute Gasteiger partial charge is 0.227 e. The van der Waals surface area contributed by atoms with Crippen molar-refractivity contribution in [2.75, 3.05) is 26.2 Å². The zero-order chi connectivity index (χ0) is 13.4. The van der Waals surface area contributed by atoms with Crippen LogP contribution < -0.4 is 10.6 Å². The van der Waals surface area contributed by atoms with E-state index in [9.17, 15) is 4.79 Å². The van der Waals surface area contributed by atoms with Crippen LogP contribution in [0, 0.1) is 5.41 Å². The third-order valence-electron chi connectivity index (χ3n) is 3.52. The summed E-state index contributed by atoms with van der Waals surface area (Å²) < 4.78 is 5.44. The second-order valence-electron chi connectivity index (χ2n) is 5.49. The lowest BCUT2D eigenvalue weighted by atomic mass is 9.76. The maximum absolute atomic E-state index is 12.3. The van der Waals surface area contributed by atoms with Crippen LogP contribution in [0.1, 0.15) is 46.5 Å². The summed E-state index contributed by atoms with van der Waals surface area (Å²) in [7, 11) is 0. The van der Waals surface area contributed by atoms with E-state index in [1.807, 2.05) is 13.8 Å². The Labute approximate surface area is 111 Å². The van der Waals surface area contributed by atoms with Crippen molar-refractivity contribution in [2.24, 2.45) is 5.41 Å². The molecule has 0 aromatic heterocycles. The second-order valence-corrected chi connectivity index (χ2v) is 5.49. The quantitative estimate of drug-likeness (QED) is 0.682. The number of piperidine rings is 1. The van der Waals surface area contributed by atoms with Crippen LogP contribution in [0.3, 0.4) is 0 Å². The molecule has 1 heterocycles. The zero-order valence-electron chi connectivity index (χ0n) is 12.1. The van der Waals surface area contributed by atoms with Gasteiger partial charge < -0.3 is 15.4 Å². The number of carbonyl (C=O) groups excluding carboxylic acids is 1. The van der Waals surface area contributed by atoms with Gasteiger partial charge >= 0.3 is 0 Å². The normalized spacial score (nSPS) is 24.2. The first-order valence-electron chi connectivity index (χ1n) is 7.21. The molecular formula is C14H28N2O2. The van der Waals surface area contributed by atoms with Crippen LogP contribution in [-0.2, 0) is 9.53 Å². The molecular weight excluding hydrogens is 228 g/mol. The highest BCUT2D eigenvalue weighted by atomic mass is 16.5. The maximum atomic E-state index is 12.3. The molecule has 1 fully saturated rings. The van der Waals surface area contributed by atoms with E-state index in [4.69, 9.17) is 4.74 Å². The number of nitrogens with one attached hydrogen (secondary N) is 2. The minimum absolute atomic E-state index is 0.190. The van der Waals surface area contributed by atoms with Crippen molar-refractivity contribution >= 4 is 5.91 Å². The summed E-state index contributed by atoms with van der Waals surface area (Å²) in [5, 5.41) is 6.39. The number of rotatable bonds is 7. The molecule has 0 saturated carbocycles. The third kappa shape index (κ3) is 4.58. The highest BCUT2D eigenvalue weighted by Crippen LogP contribution is 2.31. The molecule has 4 nitrogen and oxygen atoms in total. The minimum atomic E-state index is -0.190. The Morgan fingerprint density at radius 3 is 2.83 bits per heavy atom. The molecule has 1 atom stereocenters. The molecule has 4 heteroatoms. The number of hydrogen-bond acceptors (Lipinski definition) is 3.